The van der Waals surface area contributed by atoms with E-state index in [0.29, 0.717) is 41.9 Å². The first-order valence-electron chi connectivity index (χ1n) is 16.0. The Balaban J connectivity index is 1.17. The summed E-state index contributed by atoms with van der Waals surface area (Å²) in [5.74, 6) is 2.15. The van der Waals surface area contributed by atoms with Crippen LogP contribution in [0.25, 0.3) is 10.4 Å². The fraction of sp³-hybridized carbons (Fsp3) is 0.514. The molecule has 2 aliphatic heterocycles. The highest BCUT2D eigenvalue weighted by atomic mass is 32.1. The predicted molar refractivity (Wildman–Crippen MR) is 172 cm³/mol. The van der Waals surface area contributed by atoms with Gasteiger partial charge in [0.25, 0.3) is 5.91 Å². The van der Waals surface area contributed by atoms with Crippen molar-refractivity contribution in [2.75, 3.05) is 19.6 Å². The zero-order valence-corrected chi connectivity index (χ0v) is 26.5. The van der Waals surface area contributed by atoms with Crippen LogP contribution in [0.4, 0.5) is 0 Å². The van der Waals surface area contributed by atoms with Crippen LogP contribution in [-0.2, 0) is 11.3 Å². The third-order valence-electron chi connectivity index (χ3n) is 9.19. The number of carbonyl (C=O) groups excluding carboxylic acids is 2. The van der Waals surface area contributed by atoms with Crippen molar-refractivity contribution in [2.45, 2.75) is 90.3 Å². The summed E-state index contributed by atoms with van der Waals surface area (Å²) in [6.07, 6.45) is 9.83. The fourth-order valence-corrected chi connectivity index (χ4v) is 7.62. The molecular formula is C35H44N4O3S. The number of benzene rings is 2. The normalized spacial score (nSPS) is 20.3. The van der Waals surface area contributed by atoms with Crippen LogP contribution < -0.4 is 10.1 Å². The number of rotatable bonds is 9. The van der Waals surface area contributed by atoms with Crippen molar-refractivity contribution in [3.8, 4) is 21.9 Å². The number of thiazole rings is 1. The maximum atomic E-state index is 13.4. The van der Waals surface area contributed by atoms with E-state index in [1.54, 1.807) is 11.3 Å². The Morgan fingerprint density at radius 3 is 2.47 bits per heavy atom. The van der Waals surface area contributed by atoms with Crippen LogP contribution in [0.5, 0.6) is 11.5 Å². The average Bonchev–Trinajstić information content (AvgIpc) is 3.77. The van der Waals surface area contributed by atoms with E-state index in [1.807, 2.05) is 53.6 Å². The highest BCUT2D eigenvalue weighted by Crippen LogP contribution is 2.34. The molecule has 228 valence electrons. The molecule has 1 N–H and O–H groups in total. The van der Waals surface area contributed by atoms with E-state index >= 15 is 0 Å². The Bertz CT molecular complexity index is 1420. The Morgan fingerprint density at radius 1 is 1.07 bits per heavy atom. The molecule has 6 rings (SSSR count). The number of nitrogens with one attached hydrogen (secondary N) is 1. The van der Waals surface area contributed by atoms with E-state index in [2.05, 4.69) is 36.0 Å². The molecule has 3 aromatic rings. The minimum Gasteiger partial charge on any atom is -0.457 e. The van der Waals surface area contributed by atoms with E-state index in [9.17, 15) is 9.59 Å². The van der Waals surface area contributed by atoms with Crippen molar-refractivity contribution in [3.05, 3.63) is 64.8 Å². The standard InChI is InChI=1S/C35H44N4O3S/c1-23(2)35-36-20-32(43-35)25-10-12-30(13-11-25)42-31-19-26(8-9-27(31)22-39-21-24(3)18-33(39)40)34(41)37-28-14-16-38(17-15-28)29-6-4-5-7-29/h8-13,19-20,23-24,28-29H,4-7,14-18,21-22H2,1-3H3,(H,37,41). The zero-order valence-electron chi connectivity index (χ0n) is 25.7. The number of carbonyl (C=O) groups is 2. The molecular weight excluding hydrogens is 556 g/mol. The molecule has 1 unspecified atom stereocenters. The summed E-state index contributed by atoms with van der Waals surface area (Å²) in [6.45, 7) is 9.74. The van der Waals surface area contributed by atoms with Crippen LogP contribution in [0.2, 0.25) is 0 Å². The number of likely N-dealkylation sites (tertiary alicyclic amines) is 2. The maximum Gasteiger partial charge on any atom is 0.251 e. The molecule has 2 amide bonds. The van der Waals surface area contributed by atoms with Crippen molar-refractivity contribution in [2.24, 2.45) is 5.92 Å². The maximum absolute atomic E-state index is 13.4. The van der Waals surface area contributed by atoms with E-state index in [0.717, 1.165) is 59.5 Å². The van der Waals surface area contributed by atoms with Crippen molar-refractivity contribution in [1.82, 2.24) is 20.1 Å². The van der Waals surface area contributed by atoms with Gasteiger partial charge in [0.05, 0.1) is 9.88 Å². The van der Waals surface area contributed by atoms with Crippen molar-refractivity contribution >= 4 is 23.2 Å². The Kier molecular flexibility index (Phi) is 9.14. The fourth-order valence-electron chi connectivity index (χ4n) is 6.70. The van der Waals surface area contributed by atoms with E-state index in [4.69, 9.17) is 4.74 Å². The topological polar surface area (TPSA) is 74.8 Å². The molecule has 2 saturated heterocycles. The summed E-state index contributed by atoms with van der Waals surface area (Å²) in [4.78, 5) is 36.2. The summed E-state index contributed by atoms with van der Waals surface area (Å²) in [5.41, 5.74) is 2.58. The molecule has 3 aliphatic rings. The summed E-state index contributed by atoms with van der Waals surface area (Å²) in [6, 6.07) is 14.6. The lowest BCUT2D eigenvalue weighted by Gasteiger charge is -2.36. The molecule has 1 aliphatic carbocycles. The summed E-state index contributed by atoms with van der Waals surface area (Å²) in [5, 5.41) is 4.41. The van der Waals surface area contributed by atoms with Gasteiger partial charge >= 0.3 is 0 Å². The lowest BCUT2D eigenvalue weighted by molar-refractivity contribution is -0.128. The monoisotopic (exact) mass is 600 g/mol. The Hall–Kier alpha value is -3.23. The lowest BCUT2D eigenvalue weighted by Crippen LogP contribution is -2.47. The van der Waals surface area contributed by atoms with Gasteiger partial charge in [0.2, 0.25) is 5.91 Å². The molecule has 3 fully saturated rings. The van der Waals surface area contributed by atoms with Gasteiger partial charge in [0.1, 0.15) is 11.5 Å². The number of aromatic nitrogens is 1. The average molecular weight is 601 g/mol. The highest BCUT2D eigenvalue weighted by molar-refractivity contribution is 7.15. The number of nitrogens with zero attached hydrogens (tertiary/aromatic N) is 3. The quantitative estimate of drug-likeness (QED) is 0.281. The highest BCUT2D eigenvalue weighted by Gasteiger charge is 2.29. The molecule has 43 heavy (non-hydrogen) atoms. The molecule has 1 atom stereocenters. The third kappa shape index (κ3) is 7.13. The van der Waals surface area contributed by atoms with Crippen LogP contribution in [0.1, 0.15) is 92.6 Å². The number of hydrogen-bond donors (Lipinski definition) is 1. The minimum atomic E-state index is -0.0666. The molecule has 0 spiro atoms. The first-order chi connectivity index (χ1) is 20.8. The molecule has 0 bridgehead atoms. The second-order valence-corrected chi connectivity index (χ2v) is 14.0. The second-order valence-electron chi connectivity index (χ2n) is 13.0. The van der Waals surface area contributed by atoms with Gasteiger partial charge in [0, 0.05) is 67.9 Å². The third-order valence-corrected chi connectivity index (χ3v) is 10.5. The van der Waals surface area contributed by atoms with Gasteiger partial charge in [0.15, 0.2) is 0 Å². The molecule has 8 heteroatoms. The van der Waals surface area contributed by atoms with Gasteiger partial charge < -0.3 is 19.9 Å². The molecule has 1 aromatic heterocycles. The number of amides is 2. The number of hydrogen-bond acceptors (Lipinski definition) is 6. The molecule has 7 nitrogen and oxygen atoms in total. The van der Waals surface area contributed by atoms with Crippen molar-refractivity contribution in [1.29, 1.82) is 0 Å². The van der Waals surface area contributed by atoms with E-state index in [1.165, 1.54) is 25.7 Å². The van der Waals surface area contributed by atoms with Crippen LogP contribution in [-0.4, -0.2) is 58.3 Å². The van der Waals surface area contributed by atoms with E-state index < -0.39 is 0 Å². The van der Waals surface area contributed by atoms with Crippen molar-refractivity contribution < 1.29 is 14.3 Å². The second kappa shape index (κ2) is 13.2. The van der Waals surface area contributed by atoms with Crippen LogP contribution in [0.15, 0.2) is 48.7 Å². The zero-order chi connectivity index (χ0) is 29.9. The molecule has 1 saturated carbocycles. The van der Waals surface area contributed by atoms with Crippen molar-refractivity contribution in [3.63, 3.8) is 0 Å². The minimum absolute atomic E-state index is 0.0666. The largest absolute Gasteiger partial charge is 0.457 e. The van der Waals surface area contributed by atoms with Gasteiger partial charge in [-0.25, -0.2) is 4.98 Å². The molecule has 3 heterocycles. The lowest BCUT2D eigenvalue weighted by atomic mass is 10.0. The Morgan fingerprint density at radius 2 is 1.81 bits per heavy atom. The first kappa shape index (κ1) is 29.8. The van der Waals surface area contributed by atoms with Gasteiger partial charge in [-0.1, -0.05) is 39.7 Å². The van der Waals surface area contributed by atoms with E-state index in [-0.39, 0.29) is 17.9 Å². The van der Waals surface area contributed by atoms with Crippen LogP contribution in [0.3, 0.4) is 0 Å². The first-order valence-corrected chi connectivity index (χ1v) is 16.8. The smallest absolute Gasteiger partial charge is 0.251 e. The van der Waals surface area contributed by atoms with Crippen LogP contribution in [0, 0.1) is 5.92 Å². The van der Waals surface area contributed by atoms with Gasteiger partial charge in [-0.3, -0.25) is 9.59 Å². The van der Waals surface area contributed by atoms with Gasteiger partial charge in [-0.05, 0) is 73.6 Å². The molecule has 2 aromatic carbocycles. The predicted octanol–water partition coefficient (Wildman–Crippen LogP) is 7.23. The molecule has 0 radical (unpaired) electrons. The SMILES string of the molecule is CC1CC(=O)N(Cc2ccc(C(=O)NC3CCN(C4CCCC4)CC3)cc2Oc2ccc(-c3cnc(C(C)C)s3)cc2)C1. The summed E-state index contributed by atoms with van der Waals surface area (Å²) in [7, 11) is 0. The summed E-state index contributed by atoms with van der Waals surface area (Å²) < 4.78 is 6.43. The number of piperidine rings is 1. The number of ether oxygens (including phenoxy) is 1. The van der Waals surface area contributed by atoms with Crippen LogP contribution >= 0.6 is 11.3 Å². The van der Waals surface area contributed by atoms with Gasteiger partial charge in [-0.15, -0.1) is 11.3 Å². The van der Waals surface area contributed by atoms with Gasteiger partial charge in [-0.2, -0.15) is 0 Å². The Labute approximate surface area is 259 Å². The summed E-state index contributed by atoms with van der Waals surface area (Å²) >= 11 is 1.71.